The van der Waals surface area contributed by atoms with Crippen molar-refractivity contribution in [1.29, 1.82) is 0 Å². The molecule has 1 aliphatic rings. The fourth-order valence-corrected chi connectivity index (χ4v) is 4.30. The summed E-state index contributed by atoms with van der Waals surface area (Å²) in [6, 6.07) is 12.9. The first-order chi connectivity index (χ1) is 13.5. The second-order valence-electron chi connectivity index (χ2n) is 6.21. The molecule has 2 N–H and O–H groups in total. The number of hydrogen-bond donors (Lipinski definition) is 1. The molecular formula is C21H16FNO4S. The standard InChI is InChI=1S/C21H16FNO4S/c1-2-26-20(24)17-15(11-7-9-12(22)10-8-11)16-18(27-19(17)23)13-5-3-4-6-14(13)28-21(16)25/h3-10,15H,2,23H2,1H3. The van der Waals surface area contributed by atoms with Gasteiger partial charge in [-0.25, -0.2) is 9.18 Å². The third-order valence-corrected chi connectivity index (χ3v) is 5.53. The van der Waals surface area contributed by atoms with E-state index in [1.807, 2.05) is 24.3 Å². The number of nitrogens with two attached hydrogens (primary N) is 1. The van der Waals surface area contributed by atoms with Crippen LogP contribution in [-0.4, -0.2) is 12.6 Å². The summed E-state index contributed by atoms with van der Waals surface area (Å²) in [5.41, 5.74) is 7.00. The van der Waals surface area contributed by atoms with Crippen LogP contribution in [0.4, 0.5) is 4.39 Å². The summed E-state index contributed by atoms with van der Waals surface area (Å²) >= 11 is 1.06. The van der Waals surface area contributed by atoms with Crippen molar-refractivity contribution >= 4 is 27.4 Å². The number of esters is 1. The van der Waals surface area contributed by atoms with Crippen molar-refractivity contribution in [3.05, 3.63) is 86.5 Å². The number of rotatable bonds is 3. The van der Waals surface area contributed by atoms with E-state index < -0.39 is 17.7 Å². The number of halogens is 1. The van der Waals surface area contributed by atoms with Crippen molar-refractivity contribution in [2.75, 3.05) is 6.61 Å². The van der Waals surface area contributed by atoms with Gasteiger partial charge in [-0.1, -0.05) is 35.6 Å². The van der Waals surface area contributed by atoms with E-state index in [9.17, 15) is 14.0 Å². The van der Waals surface area contributed by atoms with Crippen molar-refractivity contribution < 1.29 is 18.7 Å². The van der Waals surface area contributed by atoms with Gasteiger partial charge in [-0.3, -0.25) is 4.79 Å². The van der Waals surface area contributed by atoms with E-state index in [4.69, 9.17) is 15.2 Å². The fraction of sp³-hybridized carbons (Fsp3) is 0.143. The lowest BCUT2D eigenvalue weighted by Crippen LogP contribution is -2.30. The Morgan fingerprint density at radius 1 is 1.21 bits per heavy atom. The molecule has 0 saturated carbocycles. The Kier molecular flexibility index (Phi) is 4.60. The zero-order valence-corrected chi connectivity index (χ0v) is 15.7. The minimum absolute atomic E-state index is 0.0422. The molecule has 0 aliphatic carbocycles. The molecule has 4 rings (SSSR count). The summed E-state index contributed by atoms with van der Waals surface area (Å²) in [6.07, 6.45) is 0. The number of carbonyl (C=O) groups is 1. The molecule has 0 bridgehead atoms. The van der Waals surface area contributed by atoms with Crippen LogP contribution in [0.3, 0.4) is 0 Å². The van der Waals surface area contributed by atoms with Crippen molar-refractivity contribution in [3.8, 4) is 5.75 Å². The number of fused-ring (bicyclic) bond motifs is 3. The molecule has 0 amide bonds. The van der Waals surface area contributed by atoms with Gasteiger partial charge in [0.2, 0.25) is 10.6 Å². The van der Waals surface area contributed by atoms with Crippen LogP contribution in [0, 0.1) is 5.82 Å². The van der Waals surface area contributed by atoms with Gasteiger partial charge in [0, 0.05) is 10.1 Å². The van der Waals surface area contributed by atoms with Gasteiger partial charge < -0.3 is 15.2 Å². The Morgan fingerprint density at radius 2 is 1.93 bits per heavy atom. The maximum Gasteiger partial charge on any atom is 0.340 e. The van der Waals surface area contributed by atoms with Crippen LogP contribution in [0.15, 0.2) is 64.8 Å². The molecule has 142 valence electrons. The quantitative estimate of drug-likeness (QED) is 0.683. The van der Waals surface area contributed by atoms with Crippen LogP contribution >= 0.6 is 11.3 Å². The number of hydrogen-bond acceptors (Lipinski definition) is 6. The Morgan fingerprint density at radius 3 is 2.64 bits per heavy atom. The Bertz CT molecular complexity index is 1170. The summed E-state index contributed by atoms with van der Waals surface area (Å²) in [5.74, 6) is -1.70. The normalized spacial score (nSPS) is 15.9. The van der Waals surface area contributed by atoms with Gasteiger partial charge in [-0.05, 0) is 36.8 Å². The van der Waals surface area contributed by atoms with E-state index in [0.29, 0.717) is 16.9 Å². The predicted octanol–water partition coefficient (Wildman–Crippen LogP) is 3.66. The minimum atomic E-state index is -0.809. The smallest absolute Gasteiger partial charge is 0.340 e. The average molecular weight is 397 g/mol. The van der Waals surface area contributed by atoms with E-state index >= 15 is 0 Å². The lowest BCUT2D eigenvalue weighted by Gasteiger charge is -2.28. The van der Waals surface area contributed by atoms with Crippen LogP contribution in [0.2, 0.25) is 0 Å². The molecular weight excluding hydrogens is 381 g/mol. The third kappa shape index (κ3) is 2.93. The molecule has 1 aromatic heterocycles. The Balaban J connectivity index is 2.03. The Hall–Kier alpha value is -3.19. The second-order valence-corrected chi connectivity index (χ2v) is 7.23. The van der Waals surface area contributed by atoms with Gasteiger partial charge in [0.15, 0.2) is 0 Å². The highest BCUT2D eigenvalue weighted by atomic mass is 32.1. The minimum Gasteiger partial charge on any atom is -0.462 e. The highest BCUT2D eigenvalue weighted by Crippen LogP contribution is 2.44. The summed E-state index contributed by atoms with van der Waals surface area (Å²) < 4.78 is 24.9. The van der Waals surface area contributed by atoms with Gasteiger partial charge in [0.05, 0.1) is 18.1 Å². The van der Waals surface area contributed by atoms with Gasteiger partial charge in [0.1, 0.15) is 17.1 Å². The van der Waals surface area contributed by atoms with E-state index in [1.54, 1.807) is 6.92 Å². The topological polar surface area (TPSA) is 78.6 Å². The van der Waals surface area contributed by atoms with Crippen molar-refractivity contribution in [2.24, 2.45) is 5.73 Å². The summed E-state index contributed by atoms with van der Waals surface area (Å²) in [5, 5.41) is 0.722. The lowest BCUT2D eigenvalue weighted by atomic mass is 9.83. The van der Waals surface area contributed by atoms with Gasteiger partial charge in [0.25, 0.3) is 0 Å². The number of benzene rings is 2. The fourth-order valence-electron chi connectivity index (χ4n) is 3.36. The highest BCUT2D eigenvalue weighted by Gasteiger charge is 2.38. The lowest BCUT2D eigenvalue weighted by molar-refractivity contribution is -0.139. The van der Waals surface area contributed by atoms with E-state index in [-0.39, 0.29) is 22.8 Å². The molecule has 0 fully saturated rings. The first kappa shape index (κ1) is 18.2. The van der Waals surface area contributed by atoms with E-state index in [1.165, 1.54) is 24.3 Å². The molecule has 0 spiro atoms. The van der Waals surface area contributed by atoms with E-state index in [2.05, 4.69) is 0 Å². The van der Waals surface area contributed by atoms with Gasteiger partial charge in [-0.15, -0.1) is 0 Å². The molecule has 1 unspecified atom stereocenters. The van der Waals surface area contributed by atoms with Crippen LogP contribution in [0.5, 0.6) is 5.75 Å². The summed E-state index contributed by atoms with van der Waals surface area (Å²) in [4.78, 5) is 25.6. The maximum atomic E-state index is 13.5. The number of ether oxygens (including phenoxy) is 2. The van der Waals surface area contributed by atoms with Crippen molar-refractivity contribution in [2.45, 2.75) is 12.8 Å². The van der Waals surface area contributed by atoms with Gasteiger partial charge >= 0.3 is 5.97 Å². The summed E-state index contributed by atoms with van der Waals surface area (Å²) in [7, 11) is 0. The molecule has 7 heteroatoms. The average Bonchev–Trinajstić information content (AvgIpc) is 2.68. The molecule has 2 heterocycles. The van der Waals surface area contributed by atoms with Crippen molar-refractivity contribution in [3.63, 3.8) is 0 Å². The molecule has 0 radical (unpaired) electrons. The van der Waals surface area contributed by atoms with Crippen LogP contribution in [0.25, 0.3) is 10.1 Å². The SMILES string of the molecule is CCOC(=O)C1=C(N)Oc2c(c(=O)sc3ccccc23)C1c1ccc(F)cc1. The zero-order valence-electron chi connectivity index (χ0n) is 14.9. The summed E-state index contributed by atoms with van der Waals surface area (Å²) in [6.45, 7) is 1.82. The molecule has 1 aliphatic heterocycles. The van der Waals surface area contributed by atoms with Crippen molar-refractivity contribution in [1.82, 2.24) is 0 Å². The third-order valence-electron chi connectivity index (χ3n) is 4.55. The maximum absolute atomic E-state index is 13.5. The van der Waals surface area contributed by atoms with Crippen LogP contribution in [0.1, 0.15) is 24.0 Å². The molecule has 3 aromatic rings. The first-order valence-corrected chi connectivity index (χ1v) is 9.48. The van der Waals surface area contributed by atoms with Gasteiger partial charge in [-0.2, -0.15) is 0 Å². The Labute approximate surface area is 163 Å². The molecule has 5 nitrogen and oxygen atoms in total. The monoisotopic (exact) mass is 397 g/mol. The zero-order chi connectivity index (χ0) is 19.8. The molecule has 0 saturated heterocycles. The largest absolute Gasteiger partial charge is 0.462 e. The second kappa shape index (κ2) is 7.09. The molecule has 2 aromatic carbocycles. The highest BCUT2D eigenvalue weighted by molar-refractivity contribution is 7.16. The predicted molar refractivity (Wildman–Crippen MR) is 105 cm³/mol. The van der Waals surface area contributed by atoms with Crippen LogP contribution in [-0.2, 0) is 9.53 Å². The molecule has 28 heavy (non-hydrogen) atoms. The first-order valence-electron chi connectivity index (χ1n) is 8.67. The van der Waals surface area contributed by atoms with E-state index in [0.717, 1.165) is 21.4 Å². The number of carbonyl (C=O) groups excluding carboxylic acids is 1. The molecule has 1 atom stereocenters. The van der Waals surface area contributed by atoms with Crippen LogP contribution < -0.4 is 15.2 Å².